The van der Waals surface area contributed by atoms with Crippen LogP contribution in [0, 0.1) is 0 Å². The highest BCUT2D eigenvalue weighted by molar-refractivity contribution is 8.14. The quantitative estimate of drug-likeness (QED) is 0.909. The summed E-state index contributed by atoms with van der Waals surface area (Å²) in [6.07, 6.45) is 4.88. The molecule has 1 N–H and O–H groups in total. The number of piperidine rings is 1. The Morgan fingerprint density at radius 3 is 2.89 bits per heavy atom. The minimum Gasteiger partial charge on any atom is -0.313 e. The van der Waals surface area contributed by atoms with Gasteiger partial charge in [0.15, 0.2) is 5.12 Å². The van der Waals surface area contributed by atoms with E-state index in [0.29, 0.717) is 5.25 Å². The van der Waals surface area contributed by atoms with Gasteiger partial charge in [-0.1, -0.05) is 17.8 Å². The van der Waals surface area contributed by atoms with Crippen LogP contribution in [-0.4, -0.2) is 28.4 Å². The first-order chi connectivity index (χ1) is 8.25. The highest BCUT2D eigenvalue weighted by Crippen LogP contribution is 2.26. The molecule has 0 bridgehead atoms. The van der Waals surface area contributed by atoms with E-state index in [1.165, 1.54) is 17.3 Å². The van der Waals surface area contributed by atoms with Gasteiger partial charge in [0.1, 0.15) is 0 Å². The van der Waals surface area contributed by atoms with Crippen LogP contribution in [0.4, 0.5) is 0 Å². The Hall–Kier alpha value is -0.550. The fourth-order valence-electron chi connectivity index (χ4n) is 1.90. The number of pyridine rings is 1. The van der Waals surface area contributed by atoms with Crippen LogP contribution in [0.25, 0.3) is 6.08 Å². The van der Waals surface area contributed by atoms with Gasteiger partial charge in [0.25, 0.3) is 0 Å². The first kappa shape index (κ1) is 18.4. The second-order valence-electron chi connectivity index (χ2n) is 4.04. The van der Waals surface area contributed by atoms with E-state index < -0.39 is 0 Å². The van der Waals surface area contributed by atoms with Gasteiger partial charge >= 0.3 is 0 Å². The van der Waals surface area contributed by atoms with E-state index in [-0.39, 0.29) is 29.9 Å². The Kier molecular flexibility index (Phi) is 9.10. The number of nitrogens with zero attached hydrogens (tertiary/aromatic N) is 1. The van der Waals surface area contributed by atoms with Crippen LogP contribution in [-0.2, 0) is 4.79 Å². The summed E-state index contributed by atoms with van der Waals surface area (Å²) in [5.41, 5.74) is 2.22. The van der Waals surface area contributed by atoms with Crippen LogP contribution in [0.3, 0.4) is 0 Å². The molecule has 0 amide bonds. The lowest BCUT2D eigenvalue weighted by atomic mass is 10.0. The lowest BCUT2D eigenvalue weighted by Crippen LogP contribution is -2.32. The zero-order chi connectivity index (χ0) is 12.1. The van der Waals surface area contributed by atoms with Crippen LogP contribution >= 0.6 is 36.6 Å². The van der Waals surface area contributed by atoms with Gasteiger partial charge in [-0.2, -0.15) is 0 Å². The molecule has 0 aliphatic carbocycles. The molecule has 6 heteroatoms. The fraction of sp³-hybridized carbons (Fsp3) is 0.385. The lowest BCUT2D eigenvalue weighted by Gasteiger charge is -2.24. The summed E-state index contributed by atoms with van der Waals surface area (Å²) >= 11 is 1.43. The number of thioether (sulfide) groups is 1. The maximum atomic E-state index is 11.2. The van der Waals surface area contributed by atoms with E-state index >= 15 is 0 Å². The van der Waals surface area contributed by atoms with Crippen molar-refractivity contribution in [3.05, 3.63) is 35.7 Å². The minimum absolute atomic E-state index is 0. The molecule has 2 heterocycles. The Morgan fingerprint density at radius 1 is 1.47 bits per heavy atom. The van der Waals surface area contributed by atoms with Crippen molar-refractivity contribution in [3.8, 4) is 0 Å². The van der Waals surface area contributed by atoms with E-state index in [1.807, 2.05) is 18.2 Å². The van der Waals surface area contributed by atoms with Crippen LogP contribution < -0.4 is 5.32 Å². The predicted molar refractivity (Wildman–Crippen MR) is 86.3 cm³/mol. The zero-order valence-electron chi connectivity index (χ0n) is 10.7. The molecular formula is C13H18Cl2N2OS. The largest absolute Gasteiger partial charge is 0.313 e. The van der Waals surface area contributed by atoms with Crippen LogP contribution in [0.5, 0.6) is 0 Å². The molecule has 1 aliphatic rings. The summed E-state index contributed by atoms with van der Waals surface area (Å²) in [7, 11) is 0. The molecule has 3 nitrogen and oxygen atoms in total. The number of aromatic nitrogens is 1. The summed E-state index contributed by atoms with van der Waals surface area (Å²) in [5.74, 6) is 0. The average molecular weight is 321 g/mol. The third-order valence-electron chi connectivity index (χ3n) is 2.66. The first-order valence-electron chi connectivity index (χ1n) is 5.75. The Morgan fingerprint density at radius 2 is 2.26 bits per heavy atom. The molecule has 0 spiro atoms. The van der Waals surface area contributed by atoms with Crippen molar-refractivity contribution < 1.29 is 4.79 Å². The lowest BCUT2D eigenvalue weighted by molar-refractivity contribution is -0.109. The molecule has 0 radical (unpaired) electrons. The second kappa shape index (κ2) is 9.37. The molecule has 1 saturated heterocycles. The molecule has 1 aromatic rings. The number of halogens is 2. The Bertz CT molecular complexity index is 426. The van der Waals surface area contributed by atoms with E-state index in [1.54, 1.807) is 13.1 Å². The standard InChI is InChI=1S/C13H16N2OS.2ClH/c1-10(16)17-13-5-7-14-9-11(13)8-12-4-2-3-6-15-12;;/h2-4,6,8,13-14H,5,7,9H2,1H3;2*1H/b11-8+;;. The topological polar surface area (TPSA) is 42.0 Å². The van der Waals surface area contributed by atoms with Crippen molar-refractivity contribution >= 4 is 47.8 Å². The van der Waals surface area contributed by atoms with Crippen LogP contribution in [0.15, 0.2) is 30.0 Å². The molecule has 19 heavy (non-hydrogen) atoms. The maximum Gasteiger partial charge on any atom is 0.186 e. The molecule has 0 aromatic carbocycles. The van der Waals surface area contributed by atoms with Crippen molar-refractivity contribution in [1.29, 1.82) is 0 Å². The summed E-state index contributed by atoms with van der Waals surface area (Å²) in [4.78, 5) is 15.5. The summed E-state index contributed by atoms with van der Waals surface area (Å²) in [5, 5.41) is 3.82. The van der Waals surface area contributed by atoms with Crippen LogP contribution in [0.2, 0.25) is 0 Å². The maximum absolute atomic E-state index is 11.2. The molecule has 106 valence electrons. The number of nitrogens with one attached hydrogen (secondary N) is 1. The van der Waals surface area contributed by atoms with E-state index in [9.17, 15) is 4.79 Å². The molecule has 1 fully saturated rings. The molecule has 1 atom stereocenters. The third kappa shape index (κ3) is 5.95. The van der Waals surface area contributed by atoms with E-state index in [4.69, 9.17) is 0 Å². The number of carbonyl (C=O) groups is 1. The average Bonchev–Trinajstić information content (AvgIpc) is 2.32. The molecule has 0 saturated carbocycles. The van der Waals surface area contributed by atoms with Gasteiger partial charge in [0, 0.05) is 24.9 Å². The minimum atomic E-state index is 0. The van der Waals surface area contributed by atoms with Crippen molar-refractivity contribution in [3.63, 3.8) is 0 Å². The zero-order valence-corrected chi connectivity index (χ0v) is 13.1. The number of rotatable bonds is 2. The number of carbonyl (C=O) groups excluding carboxylic acids is 1. The van der Waals surface area contributed by atoms with Gasteiger partial charge in [0.2, 0.25) is 0 Å². The van der Waals surface area contributed by atoms with Crippen molar-refractivity contribution in [2.75, 3.05) is 13.1 Å². The first-order valence-corrected chi connectivity index (χ1v) is 6.63. The van der Waals surface area contributed by atoms with Crippen molar-refractivity contribution in [1.82, 2.24) is 10.3 Å². The van der Waals surface area contributed by atoms with Gasteiger partial charge in [-0.25, -0.2) is 0 Å². The van der Waals surface area contributed by atoms with Gasteiger partial charge in [-0.3, -0.25) is 9.78 Å². The second-order valence-corrected chi connectivity index (χ2v) is 5.42. The molecule has 1 aromatic heterocycles. The third-order valence-corrected chi connectivity index (χ3v) is 3.81. The Labute approximate surface area is 130 Å². The monoisotopic (exact) mass is 320 g/mol. The molecule has 1 unspecified atom stereocenters. The predicted octanol–water partition coefficient (Wildman–Crippen LogP) is 2.95. The highest BCUT2D eigenvalue weighted by Gasteiger charge is 2.20. The van der Waals surface area contributed by atoms with Crippen molar-refractivity contribution in [2.24, 2.45) is 0 Å². The fourth-order valence-corrected chi connectivity index (χ4v) is 2.83. The molecule has 1 aliphatic heterocycles. The highest BCUT2D eigenvalue weighted by atomic mass is 35.5. The van der Waals surface area contributed by atoms with Gasteiger partial charge in [0.05, 0.1) is 5.69 Å². The van der Waals surface area contributed by atoms with Crippen molar-refractivity contribution in [2.45, 2.75) is 18.6 Å². The SMILES string of the molecule is CC(=O)SC1CCNC/C1=C\c1ccccn1.Cl.Cl. The van der Waals surface area contributed by atoms with E-state index in [0.717, 1.165) is 25.2 Å². The molecular weight excluding hydrogens is 303 g/mol. The number of hydrogen-bond acceptors (Lipinski definition) is 4. The summed E-state index contributed by atoms with van der Waals surface area (Å²) in [6, 6.07) is 5.86. The van der Waals surface area contributed by atoms with Gasteiger partial charge in [-0.15, -0.1) is 24.8 Å². The van der Waals surface area contributed by atoms with Crippen LogP contribution in [0.1, 0.15) is 19.0 Å². The number of hydrogen-bond donors (Lipinski definition) is 1. The summed E-state index contributed by atoms with van der Waals surface area (Å²) < 4.78 is 0. The Balaban J connectivity index is 0.00000162. The van der Waals surface area contributed by atoms with Gasteiger partial charge < -0.3 is 5.32 Å². The summed E-state index contributed by atoms with van der Waals surface area (Å²) in [6.45, 7) is 3.46. The molecule has 2 rings (SSSR count). The van der Waals surface area contributed by atoms with E-state index in [2.05, 4.69) is 16.4 Å². The van der Waals surface area contributed by atoms with Gasteiger partial charge in [-0.05, 0) is 36.7 Å². The normalized spacial score (nSPS) is 20.3. The smallest absolute Gasteiger partial charge is 0.186 e.